The molecule has 9 nitrogen and oxygen atoms in total. The molecule has 1 aliphatic rings. The van der Waals surface area contributed by atoms with E-state index in [1.54, 1.807) is 12.1 Å². The Bertz CT molecular complexity index is 1570. The number of halogens is 4. The minimum atomic E-state index is -4.91. The molecule has 13 heteroatoms. The van der Waals surface area contributed by atoms with Crippen LogP contribution in [0.15, 0.2) is 66.4 Å². The van der Waals surface area contributed by atoms with Crippen LogP contribution < -0.4 is 26.3 Å². The third-order valence-corrected chi connectivity index (χ3v) is 7.01. The van der Waals surface area contributed by atoms with Crippen molar-refractivity contribution in [2.45, 2.75) is 24.4 Å². The average Bonchev–Trinajstić information content (AvgIpc) is 3.30. The van der Waals surface area contributed by atoms with E-state index in [0.29, 0.717) is 5.75 Å². The average molecular weight is 586 g/mol. The summed E-state index contributed by atoms with van der Waals surface area (Å²) in [7, 11) is 1.42. The summed E-state index contributed by atoms with van der Waals surface area (Å²) in [5.74, 6) is -4.32. The molecule has 1 aliphatic heterocycles. The summed E-state index contributed by atoms with van der Waals surface area (Å²) >= 11 is 0. The monoisotopic (exact) mass is 585 g/mol. The van der Waals surface area contributed by atoms with Crippen LogP contribution in [0.4, 0.5) is 17.6 Å². The van der Waals surface area contributed by atoms with Gasteiger partial charge in [-0.25, -0.2) is 9.37 Å². The Morgan fingerprint density at radius 2 is 1.90 bits per heavy atom. The van der Waals surface area contributed by atoms with Crippen molar-refractivity contribution in [2.24, 2.45) is 11.5 Å². The first-order valence-corrected chi connectivity index (χ1v) is 12.5. The molecule has 1 unspecified atom stereocenters. The molecule has 2 atom stereocenters. The topological polar surface area (TPSA) is 153 Å². The van der Waals surface area contributed by atoms with E-state index in [4.69, 9.17) is 26.4 Å². The Morgan fingerprint density at radius 3 is 2.50 bits per heavy atom. The second kappa shape index (κ2) is 11.5. The van der Waals surface area contributed by atoms with E-state index in [9.17, 15) is 27.2 Å². The van der Waals surface area contributed by atoms with Crippen molar-refractivity contribution in [2.75, 3.05) is 20.3 Å². The Hall–Kier alpha value is -4.94. The fourth-order valence-electron chi connectivity index (χ4n) is 4.47. The molecular weight excluding hydrogens is 558 g/mol. The number of methoxy groups -OCH3 is 1. The van der Waals surface area contributed by atoms with Crippen molar-refractivity contribution >= 4 is 17.5 Å². The molecule has 0 aliphatic carbocycles. The number of rotatable bonds is 9. The van der Waals surface area contributed by atoms with Crippen molar-refractivity contribution < 1.29 is 36.6 Å². The maximum Gasteiger partial charge on any atom is 0.398 e. The first kappa shape index (κ1) is 30.0. The number of nitrogens with zero attached hydrogens (tertiary/aromatic N) is 1. The number of aromatic nitrogens is 1. The van der Waals surface area contributed by atoms with E-state index in [1.807, 2.05) is 0 Å². The van der Waals surface area contributed by atoms with Gasteiger partial charge in [0.25, 0.3) is 5.91 Å². The van der Waals surface area contributed by atoms with Gasteiger partial charge in [-0.15, -0.1) is 0 Å². The zero-order chi connectivity index (χ0) is 30.8. The molecule has 1 aromatic heterocycles. The molecule has 2 heterocycles. The number of fused-ring (bicyclic) bond motifs is 1. The molecule has 0 spiro atoms. The number of amides is 2. The van der Waals surface area contributed by atoms with E-state index >= 15 is 0 Å². The Labute approximate surface area is 238 Å². The van der Waals surface area contributed by atoms with Crippen molar-refractivity contribution in [3.63, 3.8) is 0 Å². The minimum absolute atomic E-state index is 0.0459. The van der Waals surface area contributed by atoms with Gasteiger partial charge in [0, 0.05) is 29.4 Å². The molecule has 2 amide bonds. The van der Waals surface area contributed by atoms with Gasteiger partial charge in [0.05, 0.1) is 24.1 Å². The molecule has 0 bridgehead atoms. The summed E-state index contributed by atoms with van der Waals surface area (Å²) in [6.45, 7) is 0.224. The molecule has 6 N–H and O–H groups in total. The smallest absolute Gasteiger partial charge is 0.398 e. The largest absolute Gasteiger partial charge is 0.497 e. The third-order valence-electron chi connectivity index (χ3n) is 7.01. The fraction of sp³-hybridized carbons (Fsp3) is 0.241. The highest BCUT2D eigenvalue weighted by molar-refractivity contribution is 6.26. The van der Waals surface area contributed by atoms with Gasteiger partial charge in [-0.1, -0.05) is 12.1 Å². The lowest BCUT2D eigenvalue weighted by atomic mass is 9.82. The highest BCUT2D eigenvalue weighted by Crippen LogP contribution is 2.46. The summed E-state index contributed by atoms with van der Waals surface area (Å²) < 4.78 is 67.8. The molecule has 2 aromatic carbocycles. The first-order chi connectivity index (χ1) is 19.8. The lowest BCUT2D eigenvalue weighted by molar-refractivity contribution is -0.151. The quantitative estimate of drug-likeness (QED) is 0.171. The number of carbonyl (C=O) groups excluding carboxylic acids is 2. The Kier molecular flexibility index (Phi) is 8.23. The summed E-state index contributed by atoms with van der Waals surface area (Å²) in [6, 6.07) is 12.1. The van der Waals surface area contributed by atoms with Gasteiger partial charge in [0.1, 0.15) is 40.9 Å². The molecule has 4 rings (SSSR count). The minimum Gasteiger partial charge on any atom is -0.497 e. The van der Waals surface area contributed by atoms with Crippen molar-refractivity contribution in [3.05, 3.63) is 89.0 Å². The first-order valence-electron chi connectivity index (χ1n) is 12.5. The van der Waals surface area contributed by atoms with Crippen LogP contribution in [0, 0.1) is 11.2 Å². The number of hydrogen-bond acceptors (Lipinski definition) is 7. The van der Waals surface area contributed by atoms with E-state index < -0.39 is 47.4 Å². The van der Waals surface area contributed by atoms with Crippen LogP contribution in [-0.4, -0.2) is 48.9 Å². The lowest BCUT2D eigenvalue weighted by Crippen LogP contribution is -2.40. The number of nitrogens with two attached hydrogens (primary N) is 2. The molecule has 220 valence electrons. The Balaban J connectivity index is 1.71. The van der Waals surface area contributed by atoms with E-state index in [1.165, 1.54) is 38.3 Å². The number of pyridine rings is 1. The van der Waals surface area contributed by atoms with Gasteiger partial charge in [0.15, 0.2) is 0 Å². The fourth-order valence-corrected chi connectivity index (χ4v) is 4.47. The van der Waals surface area contributed by atoms with E-state index in [2.05, 4.69) is 10.3 Å². The van der Waals surface area contributed by atoms with Crippen molar-refractivity contribution in [3.8, 4) is 22.8 Å². The highest BCUT2D eigenvalue weighted by atomic mass is 19.4. The standard InChI is InChI=1S/C29H27F4N5O4/c1-28(27(36)40)14-42-25-20(28)11-22(38-24(25)15-6-8-17(30)9-7-15)21(29(31,32)33)13-37-26(39)19(12-34)23(35)16-4-3-5-18(10-16)41-2/h3-12,21,35H,13-14,34H2,1-2H3,(H2,36,40)(H,37,39)/b19-12+,35-23?/t21?,28-/m0/s1. The molecular formula is C29H27F4N5O4. The lowest BCUT2D eigenvalue weighted by Gasteiger charge is -2.24. The second-order valence-electron chi connectivity index (χ2n) is 9.76. The second-order valence-corrected chi connectivity index (χ2v) is 9.76. The number of ether oxygens (including phenoxy) is 2. The predicted octanol–water partition coefficient (Wildman–Crippen LogP) is 3.70. The zero-order valence-electron chi connectivity index (χ0n) is 22.5. The highest BCUT2D eigenvalue weighted by Gasteiger charge is 2.47. The Morgan fingerprint density at radius 1 is 1.21 bits per heavy atom. The normalized spacial score (nSPS) is 17.1. The van der Waals surface area contributed by atoms with Gasteiger partial charge in [-0.2, -0.15) is 13.2 Å². The van der Waals surface area contributed by atoms with Gasteiger partial charge in [-0.3, -0.25) is 15.0 Å². The number of primary amides is 1. The summed E-state index contributed by atoms with van der Waals surface area (Å²) in [5.41, 5.74) is 9.02. The van der Waals surface area contributed by atoms with Crippen LogP contribution >= 0.6 is 0 Å². The number of carbonyl (C=O) groups is 2. The van der Waals surface area contributed by atoms with Crippen LogP contribution in [0.2, 0.25) is 0 Å². The predicted molar refractivity (Wildman–Crippen MR) is 146 cm³/mol. The molecule has 3 aromatic rings. The number of benzene rings is 2. The molecule has 0 saturated carbocycles. The maximum atomic E-state index is 14.5. The van der Waals surface area contributed by atoms with Gasteiger partial charge in [0.2, 0.25) is 5.91 Å². The summed E-state index contributed by atoms with van der Waals surface area (Å²) in [6.07, 6.45) is -4.08. The number of hydrogen-bond donors (Lipinski definition) is 4. The molecule has 0 fully saturated rings. The summed E-state index contributed by atoms with van der Waals surface area (Å²) in [4.78, 5) is 29.5. The maximum absolute atomic E-state index is 14.5. The SMILES string of the molecule is COc1cccc(C(=N)/C(=C\N)C(=O)NCC(c2cc3c(c(-c4ccc(F)cc4)n2)OC[C@]3(C)C(N)=O)C(F)(F)F)c1. The van der Waals surface area contributed by atoms with Crippen molar-refractivity contribution in [1.29, 1.82) is 5.41 Å². The van der Waals surface area contributed by atoms with Gasteiger partial charge < -0.3 is 26.3 Å². The van der Waals surface area contributed by atoms with E-state index in [0.717, 1.165) is 24.4 Å². The number of nitrogens with one attached hydrogen (secondary N) is 2. The zero-order valence-corrected chi connectivity index (χ0v) is 22.5. The van der Waals surface area contributed by atoms with Crippen LogP contribution in [0.1, 0.15) is 29.7 Å². The van der Waals surface area contributed by atoms with Gasteiger partial charge >= 0.3 is 6.18 Å². The molecule has 0 radical (unpaired) electrons. The molecule has 42 heavy (non-hydrogen) atoms. The third kappa shape index (κ3) is 5.76. The van der Waals surface area contributed by atoms with Crippen LogP contribution in [-0.2, 0) is 15.0 Å². The van der Waals surface area contributed by atoms with Crippen LogP contribution in [0.25, 0.3) is 11.3 Å². The van der Waals surface area contributed by atoms with Crippen molar-refractivity contribution in [1.82, 2.24) is 10.3 Å². The van der Waals surface area contributed by atoms with Crippen LogP contribution in [0.3, 0.4) is 0 Å². The van der Waals surface area contributed by atoms with E-state index in [-0.39, 0.29) is 46.0 Å². The van der Waals surface area contributed by atoms with Crippen LogP contribution in [0.5, 0.6) is 11.5 Å². The summed E-state index contributed by atoms with van der Waals surface area (Å²) in [5, 5.41) is 10.6. The number of alkyl halides is 3. The molecule has 0 saturated heterocycles. The van der Waals surface area contributed by atoms with Gasteiger partial charge in [-0.05, 0) is 49.4 Å².